The zero-order chi connectivity index (χ0) is 13.8. The van der Waals surface area contributed by atoms with E-state index in [4.69, 9.17) is 4.99 Å². The van der Waals surface area contributed by atoms with Crippen molar-refractivity contribution in [1.29, 1.82) is 0 Å². The van der Waals surface area contributed by atoms with E-state index in [0.717, 1.165) is 23.9 Å². The molecule has 2 aliphatic rings. The van der Waals surface area contributed by atoms with E-state index >= 15 is 0 Å². The molecule has 1 N–H and O–H groups in total. The quantitative estimate of drug-likeness (QED) is 0.926. The van der Waals surface area contributed by atoms with Crippen LogP contribution in [0.3, 0.4) is 0 Å². The molecule has 0 aliphatic carbocycles. The van der Waals surface area contributed by atoms with Crippen molar-refractivity contribution in [2.45, 2.75) is 31.3 Å². The van der Waals surface area contributed by atoms with E-state index in [1.54, 1.807) is 0 Å². The molecular weight excluding hydrogens is 266 g/mol. The summed E-state index contributed by atoms with van der Waals surface area (Å²) in [6.07, 6.45) is 3.62. The number of thioether (sulfide) groups is 1. The standard InChI is InChI=1S/C16H23N3S/c1-19-9-5-8-14(11-19)17-16-18-15(12-20-16)10-13-6-3-2-4-7-13/h2-4,6-7,14-15H,5,8-12H2,1H3,(H,17,18). The molecule has 0 spiro atoms. The van der Waals surface area contributed by atoms with Crippen LogP contribution in [0, 0.1) is 0 Å². The number of benzene rings is 1. The fourth-order valence-corrected chi connectivity index (χ4v) is 3.96. The highest BCUT2D eigenvalue weighted by molar-refractivity contribution is 8.14. The molecule has 2 heterocycles. The van der Waals surface area contributed by atoms with Gasteiger partial charge in [-0.1, -0.05) is 42.1 Å². The summed E-state index contributed by atoms with van der Waals surface area (Å²) in [5, 5.41) is 4.79. The van der Waals surface area contributed by atoms with Crippen LogP contribution in [-0.4, -0.2) is 48.0 Å². The van der Waals surface area contributed by atoms with E-state index in [0.29, 0.717) is 12.1 Å². The largest absolute Gasteiger partial charge is 0.361 e. The average molecular weight is 289 g/mol. The fourth-order valence-electron chi connectivity index (χ4n) is 2.94. The summed E-state index contributed by atoms with van der Waals surface area (Å²) < 4.78 is 0. The van der Waals surface area contributed by atoms with E-state index in [1.165, 1.54) is 24.9 Å². The molecule has 2 atom stereocenters. The molecule has 0 aromatic heterocycles. The first kappa shape index (κ1) is 14.0. The van der Waals surface area contributed by atoms with Crippen molar-refractivity contribution in [2.24, 2.45) is 4.99 Å². The van der Waals surface area contributed by atoms with E-state index in [1.807, 2.05) is 11.8 Å². The van der Waals surface area contributed by atoms with E-state index in [9.17, 15) is 0 Å². The SMILES string of the molecule is CN1CCCC(NC2=NC(Cc3ccccc3)CS2)C1. The molecule has 1 aromatic rings. The molecule has 0 radical (unpaired) electrons. The highest BCUT2D eigenvalue weighted by atomic mass is 32.2. The molecule has 3 nitrogen and oxygen atoms in total. The third-order valence-electron chi connectivity index (χ3n) is 3.98. The Hall–Kier alpha value is -1.00. The molecule has 2 aliphatic heterocycles. The number of hydrogen-bond donors (Lipinski definition) is 1. The molecule has 1 fully saturated rings. The van der Waals surface area contributed by atoms with Crippen LogP contribution in [0.5, 0.6) is 0 Å². The maximum Gasteiger partial charge on any atom is 0.157 e. The van der Waals surface area contributed by atoms with Gasteiger partial charge >= 0.3 is 0 Å². The van der Waals surface area contributed by atoms with Crippen molar-refractivity contribution >= 4 is 16.9 Å². The summed E-state index contributed by atoms with van der Waals surface area (Å²) >= 11 is 1.88. The monoisotopic (exact) mass is 289 g/mol. The lowest BCUT2D eigenvalue weighted by atomic mass is 10.1. The molecule has 1 aromatic carbocycles. The maximum atomic E-state index is 4.85. The van der Waals surface area contributed by atoms with Gasteiger partial charge in [-0.3, -0.25) is 4.99 Å². The Kier molecular flexibility index (Phi) is 4.63. The third-order valence-corrected chi connectivity index (χ3v) is 5.03. The summed E-state index contributed by atoms with van der Waals surface area (Å²) in [4.78, 5) is 7.26. The van der Waals surface area contributed by atoms with Crippen LogP contribution in [0.15, 0.2) is 35.3 Å². The minimum absolute atomic E-state index is 0.436. The van der Waals surface area contributed by atoms with Crippen molar-refractivity contribution < 1.29 is 0 Å². The van der Waals surface area contributed by atoms with Gasteiger partial charge in [0.25, 0.3) is 0 Å². The second-order valence-corrected chi connectivity index (χ2v) is 6.84. The lowest BCUT2D eigenvalue weighted by Crippen LogP contribution is -2.45. The molecule has 0 amide bonds. The summed E-state index contributed by atoms with van der Waals surface area (Å²) in [5.74, 6) is 1.11. The van der Waals surface area contributed by atoms with Gasteiger partial charge in [-0.2, -0.15) is 0 Å². The van der Waals surface area contributed by atoms with Crippen LogP contribution in [-0.2, 0) is 6.42 Å². The lowest BCUT2D eigenvalue weighted by Gasteiger charge is -2.30. The maximum absolute atomic E-state index is 4.85. The number of likely N-dealkylation sites (tertiary alicyclic amines) is 1. The molecule has 2 unspecified atom stereocenters. The van der Waals surface area contributed by atoms with Crippen LogP contribution in [0.4, 0.5) is 0 Å². The second kappa shape index (κ2) is 6.64. The molecule has 20 heavy (non-hydrogen) atoms. The van der Waals surface area contributed by atoms with E-state index in [2.05, 4.69) is 47.6 Å². The number of nitrogens with zero attached hydrogens (tertiary/aromatic N) is 2. The number of likely N-dealkylation sites (N-methyl/N-ethyl adjacent to an activating group) is 1. The Balaban J connectivity index is 1.52. The van der Waals surface area contributed by atoms with Gasteiger partial charge in [0.1, 0.15) is 0 Å². The number of hydrogen-bond acceptors (Lipinski definition) is 4. The van der Waals surface area contributed by atoms with Gasteiger partial charge in [-0.25, -0.2) is 0 Å². The summed E-state index contributed by atoms with van der Waals surface area (Å²) in [6.45, 7) is 2.37. The van der Waals surface area contributed by atoms with Gasteiger partial charge in [0.2, 0.25) is 0 Å². The zero-order valence-electron chi connectivity index (χ0n) is 12.1. The van der Waals surface area contributed by atoms with Gasteiger partial charge in [0, 0.05) is 18.3 Å². The normalized spacial score (nSPS) is 27.4. The second-order valence-electron chi connectivity index (χ2n) is 5.83. The molecular formula is C16H23N3S. The number of aliphatic imine (C=N–C) groups is 1. The van der Waals surface area contributed by atoms with Gasteiger partial charge in [-0.05, 0) is 38.4 Å². The van der Waals surface area contributed by atoms with Crippen molar-refractivity contribution in [2.75, 3.05) is 25.9 Å². The van der Waals surface area contributed by atoms with Crippen molar-refractivity contribution in [3.63, 3.8) is 0 Å². The van der Waals surface area contributed by atoms with Gasteiger partial charge in [0.15, 0.2) is 5.17 Å². The molecule has 1 saturated heterocycles. The Morgan fingerprint density at radius 1 is 1.35 bits per heavy atom. The Morgan fingerprint density at radius 3 is 3.00 bits per heavy atom. The molecule has 3 rings (SSSR count). The van der Waals surface area contributed by atoms with Crippen molar-refractivity contribution in [1.82, 2.24) is 10.2 Å². The predicted molar refractivity (Wildman–Crippen MR) is 87.5 cm³/mol. The first-order valence-corrected chi connectivity index (χ1v) is 8.48. The fraction of sp³-hybridized carbons (Fsp3) is 0.562. The van der Waals surface area contributed by atoms with Crippen molar-refractivity contribution in [3.05, 3.63) is 35.9 Å². The average Bonchev–Trinajstić information content (AvgIpc) is 2.87. The molecule has 4 heteroatoms. The Bertz CT molecular complexity index is 460. The van der Waals surface area contributed by atoms with Gasteiger partial charge in [0.05, 0.1) is 6.04 Å². The molecule has 0 saturated carbocycles. The summed E-state index contributed by atoms with van der Waals surface area (Å²) in [6, 6.07) is 11.7. The minimum atomic E-state index is 0.436. The van der Waals surface area contributed by atoms with Crippen LogP contribution in [0.2, 0.25) is 0 Å². The van der Waals surface area contributed by atoms with Crippen molar-refractivity contribution in [3.8, 4) is 0 Å². The van der Waals surface area contributed by atoms with Gasteiger partial charge < -0.3 is 10.2 Å². The van der Waals surface area contributed by atoms with E-state index in [-0.39, 0.29) is 0 Å². The Labute approximate surface area is 125 Å². The summed E-state index contributed by atoms with van der Waals surface area (Å²) in [7, 11) is 2.20. The first-order valence-electron chi connectivity index (χ1n) is 7.49. The zero-order valence-corrected chi connectivity index (χ0v) is 12.9. The van der Waals surface area contributed by atoms with Crippen LogP contribution < -0.4 is 5.32 Å². The highest BCUT2D eigenvalue weighted by Gasteiger charge is 2.23. The first-order chi connectivity index (χ1) is 9.79. The topological polar surface area (TPSA) is 27.6 Å². The molecule has 108 valence electrons. The van der Waals surface area contributed by atoms with Gasteiger partial charge in [-0.15, -0.1) is 0 Å². The predicted octanol–water partition coefficient (Wildman–Crippen LogP) is 2.38. The van der Waals surface area contributed by atoms with Crippen LogP contribution in [0.1, 0.15) is 18.4 Å². The number of nitrogens with one attached hydrogen (secondary N) is 1. The van der Waals surface area contributed by atoms with Crippen LogP contribution >= 0.6 is 11.8 Å². The molecule has 0 bridgehead atoms. The Morgan fingerprint density at radius 2 is 2.20 bits per heavy atom. The third kappa shape index (κ3) is 3.76. The summed E-state index contributed by atoms with van der Waals surface area (Å²) in [5.41, 5.74) is 1.39. The minimum Gasteiger partial charge on any atom is -0.361 e. The smallest absolute Gasteiger partial charge is 0.157 e. The number of amidine groups is 1. The highest BCUT2D eigenvalue weighted by Crippen LogP contribution is 2.21. The number of rotatable bonds is 3. The lowest BCUT2D eigenvalue weighted by molar-refractivity contribution is 0.241. The number of piperidine rings is 1. The van der Waals surface area contributed by atoms with E-state index < -0.39 is 0 Å². The van der Waals surface area contributed by atoms with Crippen LogP contribution in [0.25, 0.3) is 0 Å².